The standard InChI is InChI=1S/C19H21N3O5/c1-21(11-17(23)22-8-2-3-15(10-22)19(25)26)18(24)14-6-4-13(5-7-14)16-9-20-12-27-16/h4-7,9,12,15H,2-3,8,10-11H2,1H3,(H,25,26). The number of piperidine rings is 1. The topological polar surface area (TPSA) is 104 Å². The molecule has 1 atom stereocenters. The number of carbonyl (C=O) groups is 3. The SMILES string of the molecule is CN(CC(=O)N1CCCC(C(=O)O)C1)C(=O)c1ccc(-c2cnco2)cc1. The highest BCUT2D eigenvalue weighted by Crippen LogP contribution is 2.20. The molecule has 0 spiro atoms. The molecule has 2 amide bonds. The fraction of sp³-hybridized carbons (Fsp3) is 0.368. The van der Waals surface area contributed by atoms with E-state index in [1.165, 1.54) is 16.2 Å². The third-order valence-corrected chi connectivity index (χ3v) is 4.69. The van der Waals surface area contributed by atoms with E-state index in [-0.39, 0.29) is 24.9 Å². The number of likely N-dealkylation sites (tertiary alicyclic amines) is 1. The van der Waals surface area contributed by atoms with Crippen molar-refractivity contribution in [2.75, 3.05) is 26.7 Å². The van der Waals surface area contributed by atoms with E-state index in [0.717, 1.165) is 5.56 Å². The maximum atomic E-state index is 12.6. The summed E-state index contributed by atoms with van der Waals surface area (Å²) in [5.74, 6) is -1.33. The number of nitrogens with zero attached hydrogens (tertiary/aromatic N) is 3. The lowest BCUT2D eigenvalue weighted by molar-refractivity contribution is -0.145. The van der Waals surface area contributed by atoms with Crippen LogP contribution in [0.2, 0.25) is 0 Å². The molecule has 1 saturated heterocycles. The third-order valence-electron chi connectivity index (χ3n) is 4.69. The molecule has 1 aromatic heterocycles. The van der Waals surface area contributed by atoms with Crippen LogP contribution >= 0.6 is 0 Å². The highest BCUT2D eigenvalue weighted by Gasteiger charge is 2.29. The molecule has 2 heterocycles. The molecular weight excluding hydrogens is 350 g/mol. The number of rotatable bonds is 5. The second-order valence-corrected chi connectivity index (χ2v) is 6.62. The molecule has 3 rings (SSSR count). The molecule has 0 radical (unpaired) electrons. The molecule has 142 valence electrons. The predicted molar refractivity (Wildman–Crippen MR) is 95.8 cm³/mol. The van der Waals surface area contributed by atoms with Crippen molar-refractivity contribution in [2.45, 2.75) is 12.8 Å². The van der Waals surface area contributed by atoms with Crippen LogP contribution in [0, 0.1) is 5.92 Å². The molecular formula is C19H21N3O5. The summed E-state index contributed by atoms with van der Waals surface area (Å²) in [6.07, 6.45) is 4.16. The van der Waals surface area contributed by atoms with Gasteiger partial charge >= 0.3 is 5.97 Å². The first kappa shape index (κ1) is 18.6. The Bertz CT molecular complexity index is 816. The van der Waals surface area contributed by atoms with E-state index in [4.69, 9.17) is 9.52 Å². The minimum absolute atomic E-state index is 0.0883. The first-order valence-corrected chi connectivity index (χ1v) is 8.70. The van der Waals surface area contributed by atoms with Gasteiger partial charge in [0.15, 0.2) is 12.2 Å². The Labute approximate surface area is 156 Å². The summed E-state index contributed by atoms with van der Waals surface area (Å²) >= 11 is 0. The van der Waals surface area contributed by atoms with Crippen LogP contribution in [0.5, 0.6) is 0 Å². The van der Waals surface area contributed by atoms with E-state index in [2.05, 4.69) is 4.98 Å². The number of hydrogen-bond acceptors (Lipinski definition) is 5. The molecule has 0 aliphatic carbocycles. The summed E-state index contributed by atoms with van der Waals surface area (Å²) < 4.78 is 5.21. The molecule has 0 saturated carbocycles. The Morgan fingerprint density at radius 3 is 2.67 bits per heavy atom. The molecule has 1 unspecified atom stereocenters. The molecule has 1 aromatic carbocycles. The number of carbonyl (C=O) groups excluding carboxylic acids is 2. The normalized spacial score (nSPS) is 16.8. The number of hydrogen-bond donors (Lipinski definition) is 1. The van der Waals surface area contributed by atoms with E-state index in [1.807, 2.05) is 0 Å². The van der Waals surface area contributed by atoms with Gasteiger partial charge in [0.1, 0.15) is 0 Å². The van der Waals surface area contributed by atoms with Gasteiger partial charge < -0.3 is 19.3 Å². The maximum absolute atomic E-state index is 12.6. The average molecular weight is 371 g/mol. The van der Waals surface area contributed by atoms with Crippen molar-refractivity contribution in [1.82, 2.24) is 14.8 Å². The van der Waals surface area contributed by atoms with Gasteiger partial charge in [-0.1, -0.05) is 12.1 Å². The van der Waals surface area contributed by atoms with Gasteiger partial charge in [0.2, 0.25) is 5.91 Å². The van der Waals surface area contributed by atoms with E-state index in [1.54, 1.807) is 37.5 Å². The van der Waals surface area contributed by atoms with Gasteiger partial charge in [-0.25, -0.2) is 4.98 Å². The lowest BCUT2D eigenvalue weighted by Gasteiger charge is -2.32. The van der Waals surface area contributed by atoms with Gasteiger partial charge in [0, 0.05) is 31.3 Å². The second kappa shape index (κ2) is 8.03. The Morgan fingerprint density at radius 2 is 2.04 bits per heavy atom. The van der Waals surface area contributed by atoms with Crippen molar-refractivity contribution >= 4 is 17.8 Å². The van der Waals surface area contributed by atoms with Crippen molar-refractivity contribution in [1.29, 1.82) is 0 Å². The summed E-state index contributed by atoms with van der Waals surface area (Å²) in [6, 6.07) is 6.85. The second-order valence-electron chi connectivity index (χ2n) is 6.62. The summed E-state index contributed by atoms with van der Waals surface area (Å²) in [7, 11) is 1.56. The molecule has 1 fully saturated rings. The zero-order valence-electron chi connectivity index (χ0n) is 15.0. The summed E-state index contributed by atoms with van der Waals surface area (Å²) in [6.45, 7) is 0.633. The van der Waals surface area contributed by atoms with Crippen molar-refractivity contribution in [3.8, 4) is 11.3 Å². The number of aliphatic carboxylic acids is 1. The Kier molecular flexibility index (Phi) is 5.54. The summed E-state index contributed by atoms with van der Waals surface area (Å²) in [4.78, 5) is 42.9. The van der Waals surface area contributed by atoms with Gasteiger partial charge in [-0.05, 0) is 25.0 Å². The van der Waals surface area contributed by atoms with Crippen LogP contribution in [-0.4, -0.2) is 64.4 Å². The Hall–Kier alpha value is -3.16. The number of amides is 2. The predicted octanol–water partition coefficient (Wildman–Crippen LogP) is 1.74. The fourth-order valence-corrected chi connectivity index (χ4v) is 3.14. The van der Waals surface area contributed by atoms with Gasteiger partial charge in [-0.2, -0.15) is 0 Å². The molecule has 2 aromatic rings. The highest BCUT2D eigenvalue weighted by molar-refractivity contribution is 5.96. The number of likely N-dealkylation sites (N-methyl/N-ethyl adjacent to an activating group) is 1. The van der Waals surface area contributed by atoms with E-state index < -0.39 is 11.9 Å². The lowest BCUT2D eigenvalue weighted by atomic mass is 9.98. The molecule has 1 aliphatic heterocycles. The quantitative estimate of drug-likeness (QED) is 0.858. The van der Waals surface area contributed by atoms with Crippen LogP contribution in [0.25, 0.3) is 11.3 Å². The van der Waals surface area contributed by atoms with Crippen LogP contribution in [0.1, 0.15) is 23.2 Å². The number of oxazole rings is 1. The van der Waals surface area contributed by atoms with Crippen LogP contribution < -0.4 is 0 Å². The zero-order valence-corrected chi connectivity index (χ0v) is 15.0. The van der Waals surface area contributed by atoms with Gasteiger partial charge in [0.05, 0.1) is 18.7 Å². The highest BCUT2D eigenvalue weighted by atomic mass is 16.4. The van der Waals surface area contributed by atoms with Gasteiger partial charge in [-0.3, -0.25) is 14.4 Å². The fourth-order valence-electron chi connectivity index (χ4n) is 3.14. The first-order chi connectivity index (χ1) is 13.0. The minimum Gasteiger partial charge on any atom is -0.481 e. The third kappa shape index (κ3) is 4.33. The zero-order chi connectivity index (χ0) is 19.4. The van der Waals surface area contributed by atoms with Gasteiger partial charge in [-0.15, -0.1) is 0 Å². The minimum atomic E-state index is -0.885. The Morgan fingerprint density at radius 1 is 1.30 bits per heavy atom. The average Bonchev–Trinajstić information content (AvgIpc) is 3.22. The van der Waals surface area contributed by atoms with E-state index >= 15 is 0 Å². The van der Waals surface area contributed by atoms with E-state index in [9.17, 15) is 14.4 Å². The smallest absolute Gasteiger partial charge is 0.308 e. The molecule has 1 aliphatic rings. The number of carboxylic acids is 1. The van der Waals surface area contributed by atoms with Gasteiger partial charge in [0.25, 0.3) is 5.91 Å². The van der Waals surface area contributed by atoms with Crippen molar-refractivity contribution < 1.29 is 23.9 Å². The summed E-state index contributed by atoms with van der Waals surface area (Å²) in [5, 5.41) is 9.13. The lowest BCUT2D eigenvalue weighted by Crippen LogP contribution is -2.46. The van der Waals surface area contributed by atoms with E-state index in [0.29, 0.717) is 30.7 Å². The van der Waals surface area contributed by atoms with Crippen LogP contribution in [0.3, 0.4) is 0 Å². The number of aromatic nitrogens is 1. The Balaban J connectivity index is 1.60. The summed E-state index contributed by atoms with van der Waals surface area (Å²) in [5.41, 5.74) is 1.26. The largest absolute Gasteiger partial charge is 0.481 e. The van der Waals surface area contributed by atoms with Crippen LogP contribution in [0.4, 0.5) is 0 Å². The number of carboxylic acid groups (broad SMARTS) is 1. The first-order valence-electron chi connectivity index (χ1n) is 8.70. The molecule has 1 N–H and O–H groups in total. The molecule has 0 bridgehead atoms. The number of benzene rings is 1. The molecule has 8 heteroatoms. The molecule has 8 nitrogen and oxygen atoms in total. The van der Waals surface area contributed by atoms with Crippen LogP contribution in [-0.2, 0) is 9.59 Å². The van der Waals surface area contributed by atoms with Crippen LogP contribution in [0.15, 0.2) is 41.3 Å². The monoisotopic (exact) mass is 371 g/mol. The maximum Gasteiger partial charge on any atom is 0.308 e. The molecule has 27 heavy (non-hydrogen) atoms. The van der Waals surface area contributed by atoms with Crippen molar-refractivity contribution in [3.63, 3.8) is 0 Å². The van der Waals surface area contributed by atoms with Crippen molar-refractivity contribution in [3.05, 3.63) is 42.4 Å². The van der Waals surface area contributed by atoms with Crippen molar-refractivity contribution in [2.24, 2.45) is 5.92 Å².